The molecule has 1 aromatic heterocycles. The Labute approximate surface area is 193 Å². The zero-order valence-corrected chi connectivity index (χ0v) is 20.4. The molecule has 0 aromatic carbocycles. The maximum absolute atomic E-state index is 12.6. The van der Waals surface area contributed by atoms with Crippen molar-refractivity contribution in [2.24, 2.45) is 4.99 Å². The third-order valence-corrected chi connectivity index (χ3v) is 5.80. The van der Waals surface area contributed by atoms with Gasteiger partial charge >= 0.3 is 0 Å². The van der Waals surface area contributed by atoms with Crippen LogP contribution in [0.15, 0.2) is 23.5 Å². The summed E-state index contributed by atoms with van der Waals surface area (Å²) in [6.45, 7) is 16.2. The smallest absolute Gasteiger partial charge is 0.225 e. The first-order chi connectivity index (χ1) is 15.6. The number of aliphatic imine (C=N–C) groups is 1. The number of hydrogen-bond donors (Lipinski definition) is 2. The number of nitrogens with one attached hydrogen (secondary N) is 2. The van der Waals surface area contributed by atoms with Crippen LogP contribution in [0.2, 0.25) is 0 Å². The molecule has 1 unspecified atom stereocenters. The van der Waals surface area contributed by atoms with E-state index in [0.29, 0.717) is 32.1 Å². The first-order valence-electron chi connectivity index (χ1n) is 12.1. The number of nitrogens with zero attached hydrogens (tertiary/aromatic N) is 6. The molecule has 1 atom stereocenters. The van der Waals surface area contributed by atoms with Crippen LogP contribution < -0.4 is 15.5 Å². The highest BCUT2D eigenvalue weighted by Crippen LogP contribution is 2.10. The minimum absolute atomic E-state index is 0.158. The minimum Gasteiger partial charge on any atom is -0.357 e. The second kappa shape index (κ2) is 14.6. The van der Waals surface area contributed by atoms with E-state index in [0.717, 1.165) is 64.0 Å². The number of rotatable bonds is 12. The first-order valence-corrected chi connectivity index (χ1v) is 12.1. The minimum atomic E-state index is 0.158. The maximum atomic E-state index is 12.6. The monoisotopic (exact) mass is 446 g/mol. The highest BCUT2D eigenvalue weighted by Gasteiger charge is 2.22. The second-order valence-electron chi connectivity index (χ2n) is 8.14. The van der Waals surface area contributed by atoms with Crippen LogP contribution in [0.1, 0.15) is 47.0 Å². The summed E-state index contributed by atoms with van der Waals surface area (Å²) in [5, 5.41) is 6.78. The maximum Gasteiger partial charge on any atom is 0.225 e. The lowest BCUT2D eigenvalue weighted by Gasteiger charge is -2.34. The summed E-state index contributed by atoms with van der Waals surface area (Å²) in [6, 6.07) is 2.15. The summed E-state index contributed by atoms with van der Waals surface area (Å²) < 4.78 is 0. The summed E-state index contributed by atoms with van der Waals surface area (Å²) in [7, 11) is 0. The Balaban J connectivity index is 1.72. The zero-order chi connectivity index (χ0) is 23.2. The second-order valence-corrected chi connectivity index (χ2v) is 8.14. The first kappa shape index (κ1) is 25.8. The van der Waals surface area contributed by atoms with E-state index < -0.39 is 0 Å². The van der Waals surface area contributed by atoms with Crippen LogP contribution in [-0.2, 0) is 4.79 Å². The van der Waals surface area contributed by atoms with Gasteiger partial charge < -0.3 is 25.3 Å². The van der Waals surface area contributed by atoms with Crippen molar-refractivity contribution in [2.75, 3.05) is 63.8 Å². The Morgan fingerprint density at radius 1 is 1.16 bits per heavy atom. The molecule has 2 rings (SSSR count). The number of carbonyl (C=O) groups excluding carboxylic acids is 1. The number of anilines is 1. The Morgan fingerprint density at radius 3 is 2.47 bits per heavy atom. The van der Waals surface area contributed by atoms with E-state index in [1.165, 1.54) is 0 Å². The molecular formula is C23H42N8O. The molecule has 1 aliphatic rings. The molecule has 0 bridgehead atoms. The molecule has 2 N–H and O–H groups in total. The molecule has 0 radical (unpaired) electrons. The van der Waals surface area contributed by atoms with Gasteiger partial charge in [0.2, 0.25) is 11.9 Å². The molecular weight excluding hydrogens is 404 g/mol. The molecule has 180 valence electrons. The lowest BCUT2D eigenvalue weighted by atomic mass is 10.2. The van der Waals surface area contributed by atoms with Gasteiger partial charge in [-0.05, 0) is 52.4 Å². The van der Waals surface area contributed by atoms with E-state index in [1.807, 2.05) is 11.0 Å². The van der Waals surface area contributed by atoms with Gasteiger partial charge in [-0.3, -0.25) is 9.79 Å². The Kier molecular flexibility index (Phi) is 11.8. The molecule has 1 saturated heterocycles. The van der Waals surface area contributed by atoms with E-state index >= 15 is 0 Å². The molecule has 1 aliphatic heterocycles. The van der Waals surface area contributed by atoms with Crippen LogP contribution in [-0.4, -0.2) is 96.6 Å². The van der Waals surface area contributed by atoms with E-state index in [-0.39, 0.29) is 5.91 Å². The predicted molar refractivity (Wildman–Crippen MR) is 131 cm³/mol. The molecule has 1 fully saturated rings. The highest BCUT2D eigenvalue weighted by atomic mass is 16.2. The largest absolute Gasteiger partial charge is 0.357 e. The molecule has 0 aliphatic carbocycles. The number of hydrogen-bond acceptors (Lipinski definition) is 6. The van der Waals surface area contributed by atoms with Gasteiger partial charge in [-0.1, -0.05) is 13.8 Å². The molecule has 9 nitrogen and oxygen atoms in total. The number of aromatic nitrogens is 2. The standard InChI is InChI=1S/C23H42N8O/c1-5-24-22(28-20(4)10-8-15-29(6-2)7-3)25-14-11-21(32)30-16-18-31(19-17-30)23-26-12-9-13-27-23/h9,12-13,20H,5-8,10-11,14-19H2,1-4H3,(H2,24,25,28). The number of carbonyl (C=O) groups is 1. The fraction of sp³-hybridized carbons (Fsp3) is 0.739. The number of amides is 1. The fourth-order valence-corrected chi connectivity index (χ4v) is 3.82. The van der Waals surface area contributed by atoms with E-state index in [4.69, 9.17) is 0 Å². The van der Waals surface area contributed by atoms with Gasteiger partial charge in [-0.25, -0.2) is 9.97 Å². The van der Waals surface area contributed by atoms with Crippen molar-refractivity contribution in [3.8, 4) is 0 Å². The van der Waals surface area contributed by atoms with Gasteiger partial charge in [0.1, 0.15) is 0 Å². The highest BCUT2D eigenvalue weighted by molar-refractivity contribution is 5.81. The lowest BCUT2D eigenvalue weighted by molar-refractivity contribution is -0.131. The Morgan fingerprint density at radius 2 is 1.84 bits per heavy atom. The van der Waals surface area contributed by atoms with Crippen molar-refractivity contribution in [1.29, 1.82) is 0 Å². The van der Waals surface area contributed by atoms with Crippen LogP contribution in [0.4, 0.5) is 5.95 Å². The fourth-order valence-electron chi connectivity index (χ4n) is 3.82. The van der Waals surface area contributed by atoms with Crippen LogP contribution in [0, 0.1) is 0 Å². The van der Waals surface area contributed by atoms with Crippen molar-refractivity contribution < 1.29 is 4.79 Å². The van der Waals surface area contributed by atoms with E-state index in [1.54, 1.807) is 12.4 Å². The SMILES string of the molecule is CCNC(=NCCC(=O)N1CCN(c2ncccn2)CC1)NC(C)CCCN(CC)CC. The van der Waals surface area contributed by atoms with Gasteiger partial charge in [0.25, 0.3) is 0 Å². The molecule has 0 spiro atoms. The summed E-state index contributed by atoms with van der Waals surface area (Å²) in [5.41, 5.74) is 0. The summed E-state index contributed by atoms with van der Waals surface area (Å²) >= 11 is 0. The quantitative estimate of drug-likeness (QED) is 0.372. The summed E-state index contributed by atoms with van der Waals surface area (Å²) in [4.78, 5) is 32.3. The van der Waals surface area contributed by atoms with Crippen molar-refractivity contribution in [1.82, 2.24) is 30.4 Å². The van der Waals surface area contributed by atoms with Gasteiger partial charge in [-0.2, -0.15) is 0 Å². The number of guanidine groups is 1. The molecule has 1 amide bonds. The summed E-state index contributed by atoms with van der Waals surface area (Å²) in [6.07, 6.45) is 6.18. The van der Waals surface area contributed by atoms with E-state index in [2.05, 4.69) is 63.1 Å². The lowest BCUT2D eigenvalue weighted by Crippen LogP contribution is -2.49. The van der Waals surface area contributed by atoms with Crippen LogP contribution in [0.25, 0.3) is 0 Å². The van der Waals surface area contributed by atoms with Gasteiger partial charge in [0.15, 0.2) is 5.96 Å². The average molecular weight is 447 g/mol. The van der Waals surface area contributed by atoms with Crippen molar-refractivity contribution >= 4 is 17.8 Å². The third kappa shape index (κ3) is 8.98. The molecule has 0 saturated carbocycles. The average Bonchev–Trinajstić information content (AvgIpc) is 2.82. The van der Waals surface area contributed by atoms with Crippen LogP contribution in [0.5, 0.6) is 0 Å². The normalized spacial score (nSPS) is 15.7. The van der Waals surface area contributed by atoms with Crippen LogP contribution >= 0.6 is 0 Å². The molecule has 1 aromatic rings. The predicted octanol–water partition coefficient (Wildman–Crippen LogP) is 1.58. The van der Waals surface area contributed by atoms with Crippen LogP contribution in [0.3, 0.4) is 0 Å². The topological polar surface area (TPSA) is 89.0 Å². The third-order valence-electron chi connectivity index (χ3n) is 5.80. The zero-order valence-electron chi connectivity index (χ0n) is 20.4. The Hall–Kier alpha value is -2.42. The molecule has 9 heteroatoms. The van der Waals surface area contributed by atoms with Gasteiger partial charge in [0, 0.05) is 57.6 Å². The molecule has 32 heavy (non-hydrogen) atoms. The number of piperazine rings is 1. The van der Waals surface area contributed by atoms with Gasteiger partial charge in [-0.15, -0.1) is 0 Å². The van der Waals surface area contributed by atoms with Crippen molar-refractivity contribution in [2.45, 2.75) is 53.0 Å². The van der Waals surface area contributed by atoms with Gasteiger partial charge in [0.05, 0.1) is 6.54 Å². The van der Waals surface area contributed by atoms with Crippen molar-refractivity contribution in [3.05, 3.63) is 18.5 Å². The van der Waals surface area contributed by atoms with E-state index in [9.17, 15) is 4.79 Å². The summed E-state index contributed by atoms with van der Waals surface area (Å²) in [5.74, 6) is 1.68. The molecule has 2 heterocycles. The van der Waals surface area contributed by atoms with Crippen molar-refractivity contribution in [3.63, 3.8) is 0 Å². The Bertz CT molecular complexity index is 672.